The van der Waals surface area contributed by atoms with Crippen molar-refractivity contribution < 1.29 is 4.79 Å². The highest BCUT2D eigenvalue weighted by Crippen LogP contribution is 2.28. The molecule has 116 valence electrons. The van der Waals surface area contributed by atoms with Crippen molar-refractivity contribution in [2.24, 2.45) is 0 Å². The number of hydrogen-bond donors (Lipinski definition) is 0. The van der Waals surface area contributed by atoms with Gasteiger partial charge in [0.2, 0.25) is 5.91 Å². The number of benzene rings is 2. The fraction of sp³-hybridized carbons (Fsp3) is 0.250. The van der Waals surface area contributed by atoms with Gasteiger partial charge in [0, 0.05) is 23.9 Å². The van der Waals surface area contributed by atoms with Crippen molar-refractivity contribution in [2.45, 2.75) is 26.3 Å². The second-order valence-electron chi connectivity index (χ2n) is 6.28. The van der Waals surface area contributed by atoms with E-state index in [1.165, 1.54) is 16.5 Å². The summed E-state index contributed by atoms with van der Waals surface area (Å²) >= 11 is 0. The normalized spacial score (nSPS) is 14.0. The molecule has 4 rings (SSSR count). The van der Waals surface area contributed by atoms with Gasteiger partial charge in [0.15, 0.2) is 0 Å². The van der Waals surface area contributed by atoms with Gasteiger partial charge in [-0.2, -0.15) is 0 Å². The summed E-state index contributed by atoms with van der Waals surface area (Å²) in [6.07, 6.45) is 4.10. The maximum atomic E-state index is 12.9. The van der Waals surface area contributed by atoms with Crippen LogP contribution >= 0.6 is 0 Å². The first-order valence-electron chi connectivity index (χ1n) is 8.16. The van der Waals surface area contributed by atoms with Gasteiger partial charge in [-0.25, -0.2) is 0 Å². The van der Waals surface area contributed by atoms with Gasteiger partial charge in [0.25, 0.3) is 0 Å². The smallest absolute Gasteiger partial charge is 0.246 e. The largest absolute Gasteiger partial charge is 0.338 e. The third-order valence-electron chi connectivity index (χ3n) is 4.64. The summed E-state index contributed by atoms with van der Waals surface area (Å²) in [4.78, 5) is 14.8. The lowest BCUT2D eigenvalue weighted by atomic mass is 9.99. The molecule has 0 aliphatic carbocycles. The van der Waals surface area contributed by atoms with Crippen molar-refractivity contribution in [1.29, 1.82) is 0 Å². The van der Waals surface area contributed by atoms with Crippen molar-refractivity contribution in [1.82, 2.24) is 4.57 Å². The minimum absolute atomic E-state index is 0.163. The van der Waals surface area contributed by atoms with Crippen LogP contribution in [-0.4, -0.2) is 17.0 Å². The molecule has 23 heavy (non-hydrogen) atoms. The molecule has 1 amide bonds. The lowest BCUT2D eigenvalue weighted by Crippen LogP contribution is -2.37. The van der Waals surface area contributed by atoms with Gasteiger partial charge in [-0.1, -0.05) is 35.9 Å². The second kappa shape index (κ2) is 5.58. The Bertz CT molecular complexity index is 878. The molecule has 0 fully saturated rings. The average molecular weight is 304 g/mol. The Kier molecular flexibility index (Phi) is 3.41. The van der Waals surface area contributed by atoms with Crippen LogP contribution in [-0.2, 0) is 17.8 Å². The monoisotopic (exact) mass is 304 g/mol. The highest BCUT2D eigenvalue weighted by atomic mass is 16.2. The molecular weight excluding hydrogens is 284 g/mol. The van der Waals surface area contributed by atoms with E-state index in [1.54, 1.807) is 0 Å². The van der Waals surface area contributed by atoms with Crippen molar-refractivity contribution in [3.05, 3.63) is 65.9 Å². The molecule has 2 aromatic carbocycles. The van der Waals surface area contributed by atoms with Crippen LogP contribution in [0.5, 0.6) is 0 Å². The fourth-order valence-corrected chi connectivity index (χ4v) is 3.49. The molecule has 3 aromatic rings. The molecule has 2 heterocycles. The highest BCUT2D eigenvalue weighted by Gasteiger charge is 2.22. The zero-order valence-corrected chi connectivity index (χ0v) is 13.3. The van der Waals surface area contributed by atoms with Gasteiger partial charge in [0.05, 0.1) is 0 Å². The quantitative estimate of drug-likeness (QED) is 0.704. The molecule has 1 aromatic heterocycles. The number of hydrogen-bond acceptors (Lipinski definition) is 1. The van der Waals surface area contributed by atoms with Gasteiger partial charge in [0.1, 0.15) is 6.54 Å². The standard InChI is InChI=1S/C20H20N2O/c1-15-8-9-19-17(13-15)6-4-11-22(19)20(23)14-21-12-10-16-5-2-3-7-18(16)21/h2-3,5,7-10,12-13H,4,6,11,14H2,1H3. The molecule has 1 aliphatic heterocycles. The number of fused-ring (bicyclic) bond motifs is 2. The third-order valence-corrected chi connectivity index (χ3v) is 4.64. The third kappa shape index (κ3) is 2.52. The predicted octanol–water partition coefficient (Wildman–Crippen LogP) is 3.93. The Balaban J connectivity index is 1.63. The van der Waals surface area contributed by atoms with Crippen LogP contribution in [0.4, 0.5) is 5.69 Å². The topological polar surface area (TPSA) is 25.2 Å². The molecule has 3 heteroatoms. The van der Waals surface area contributed by atoms with Crippen LogP contribution in [0, 0.1) is 6.92 Å². The number of para-hydroxylation sites is 1. The van der Waals surface area contributed by atoms with Crippen molar-refractivity contribution in [3.63, 3.8) is 0 Å². The molecular formula is C20H20N2O. The predicted molar refractivity (Wildman–Crippen MR) is 93.8 cm³/mol. The first-order valence-corrected chi connectivity index (χ1v) is 8.16. The number of aryl methyl sites for hydroxylation is 2. The van der Waals surface area contributed by atoms with Gasteiger partial charge in [-0.05, 0) is 48.9 Å². The number of amides is 1. The molecule has 3 nitrogen and oxygen atoms in total. The zero-order chi connectivity index (χ0) is 15.8. The van der Waals surface area contributed by atoms with Crippen molar-refractivity contribution in [3.8, 4) is 0 Å². The summed E-state index contributed by atoms with van der Waals surface area (Å²) in [7, 11) is 0. The lowest BCUT2D eigenvalue weighted by molar-refractivity contribution is -0.119. The van der Waals surface area contributed by atoms with E-state index in [9.17, 15) is 4.79 Å². The maximum Gasteiger partial charge on any atom is 0.246 e. The molecule has 0 N–H and O–H groups in total. The van der Waals surface area contributed by atoms with E-state index < -0.39 is 0 Å². The van der Waals surface area contributed by atoms with E-state index in [0.717, 1.165) is 30.6 Å². The van der Waals surface area contributed by atoms with E-state index >= 15 is 0 Å². The molecule has 0 saturated carbocycles. The van der Waals surface area contributed by atoms with Crippen LogP contribution in [0.3, 0.4) is 0 Å². The minimum Gasteiger partial charge on any atom is -0.338 e. The minimum atomic E-state index is 0.163. The van der Waals surface area contributed by atoms with E-state index in [0.29, 0.717) is 6.54 Å². The summed E-state index contributed by atoms with van der Waals surface area (Å²) < 4.78 is 2.04. The van der Waals surface area contributed by atoms with Crippen LogP contribution in [0.1, 0.15) is 17.5 Å². The summed E-state index contributed by atoms with van der Waals surface area (Å²) in [5.74, 6) is 0.163. The first kappa shape index (κ1) is 14.1. The summed E-state index contributed by atoms with van der Waals surface area (Å²) in [5.41, 5.74) is 4.75. The summed E-state index contributed by atoms with van der Waals surface area (Å²) in [6.45, 7) is 3.31. The molecule has 0 radical (unpaired) electrons. The van der Waals surface area contributed by atoms with E-state index in [4.69, 9.17) is 0 Å². The van der Waals surface area contributed by atoms with Crippen LogP contribution in [0.25, 0.3) is 10.9 Å². The SMILES string of the molecule is Cc1ccc2c(c1)CCCN2C(=O)Cn1ccc2ccccc21. The number of aromatic nitrogens is 1. The van der Waals surface area contributed by atoms with Crippen LogP contribution in [0.15, 0.2) is 54.7 Å². The number of nitrogens with zero attached hydrogens (tertiary/aromatic N) is 2. The molecule has 0 unspecified atom stereocenters. The van der Waals surface area contributed by atoms with Crippen molar-refractivity contribution in [2.75, 3.05) is 11.4 Å². The van der Waals surface area contributed by atoms with Crippen LogP contribution < -0.4 is 4.90 Å². The Hall–Kier alpha value is -2.55. The van der Waals surface area contributed by atoms with E-state index in [-0.39, 0.29) is 5.91 Å². The molecule has 0 atom stereocenters. The molecule has 0 spiro atoms. The lowest BCUT2D eigenvalue weighted by Gasteiger charge is -2.30. The zero-order valence-electron chi connectivity index (χ0n) is 13.3. The van der Waals surface area contributed by atoms with Crippen LogP contribution in [0.2, 0.25) is 0 Å². The van der Waals surface area contributed by atoms with Gasteiger partial charge in [-0.3, -0.25) is 4.79 Å². The Morgan fingerprint density at radius 2 is 2.00 bits per heavy atom. The van der Waals surface area contributed by atoms with E-state index in [1.807, 2.05) is 27.8 Å². The Morgan fingerprint density at radius 1 is 1.13 bits per heavy atom. The molecule has 0 saturated heterocycles. The maximum absolute atomic E-state index is 12.9. The van der Waals surface area contributed by atoms with Gasteiger partial charge >= 0.3 is 0 Å². The second-order valence-corrected chi connectivity index (χ2v) is 6.28. The fourth-order valence-electron chi connectivity index (χ4n) is 3.49. The first-order chi connectivity index (χ1) is 11.2. The number of carbonyl (C=O) groups is 1. The van der Waals surface area contributed by atoms with Gasteiger partial charge < -0.3 is 9.47 Å². The summed E-state index contributed by atoms with van der Waals surface area (Å²) in [5, 5.41) is 1.18. The highest BCUT2D eigenvalue weighted by molar-refractivity contribution is 5.95. The average Bonchev–Trinajstić information content (AvgIpc) is 2.97. The van der Waals surface area contributed by atoms with Crippen molar-refractivity contribution >= 4 is 22.5 Å². The number of carbonyl (C=O) groups excluding carboxylic acids is 1. The van der Waals surface area contributed by atoms with E-state index in [2.05, 4.69) is 43.3 Å². The number of anilines is 1. The Morgan fingerprint density at radius 3 is 2.91 bits per heavy atom. The molecule has 1 aliphatic rings. The van der Waals surface area contributed by atoms with Gasteiger partial charge in [-0.15, -0.1) is 0 Å². The molecule has 0 bridgehead atoms. The Labute approximate surface area is 136 Å². The number of rotatable bonds is 2. The summed E-state index contributed by atoms with van der Waals surface area (Å²) in [6, 6.07) is 16.6.